The van der Waals surface area contributed by atoms with Gasteiger partial charge in [-0.1, -0.05) is 13.8 Å². The highest BCUT2D eigenvalue weighted by Gasteiger charge is 2.26. The Morgan fingerprint density at radius 1 is 1.25 bits per heavy atom. The topological polar surface area (TPSA) is 58.6 Å². The molecule has 94 valence electrons. The number of urea groups is 1. The Labute approximate surface area is 97.1 Å². The molecule has 0 spiro atoms. The lowest BCUT2D eigenvalue weighted by atomic mass is 10.1. The van der Waals surface area contributed by atoms with Crippen molar-refractivity contribution in [3.05, 3.63) is 0 Å². The van der Waals surface area contributed by atoms with Gasteiger partial charge in [0, 0.05) is 13.1 Å². The monoisotopic (exact) mass is 230 g/mol. The minimum absolute atomic E-state index is 0.00645. The lowest BCUT2D eigenvalue weighted by molar-refractivity contribution is -0.144. The Morgan fingerprint density at radius 3 is 2.06 bits per heavy atom. The third-order valence-corrected chi connectivity index (χ3v) is 2.45. The SMILES string of the molecule is CCN(CC)C(=O)NC(C(=O)OC)C(C)C. The summed E-state index contributed by atoms with van der Waals surface area (Å²) in [4.78, 5) is 24.8. The first-order valence-corrected chi connectivity index (χ1v) is 5.61. The van der Waals surface area contributed by atoms with Gasteiger partial charge < -0.3 is 15.0 Å². The van der Waals surface area contributed by atoms with Crippen LogP contribution in [0.2, 0.25) is 0 Å². The minimum Gasteiger partial charge on any atom is -0.467 e. The molecule has 0 aliphatic carbocycles. The van der Waals surface area contributed by atoms with Crippen LogP contribution in [0.25, 0.3) is 0 Å². The van der Waals surface area contributed by atoms with Gasteiger partial charge in [0.2, 0.25) is 0 Å². The summed E-state index contributed by atoms with van der Waals surface area (Å²) in [6.45, 7) is 8.76. The zero-order valence-corrected chi connectivity index (χ0v) is 10.7. The van der Waals surface area contributed by atoms with E-state index in [1.54, 1.807) is 4.90 Å². The fourth-order valence-corrected chi connectivity index (χ4v) is 1.36. The summed E-state index contributed by atoms with van der Waals surface area (Å²) >= 11 is 0. The third kappa shape index (κ3) is 4.08. The van der Waals surface area contributed by atoms with E-state index < -0.39 is 12.0 Å². The Morgan fingerprint density at radius 2 is 1.75 bits per heavy atom. The van der Waals surface area contributed by atoms with Crippen molar-refractivity contribution in [2.24, 2.45) is 5.92 Å². The normalized spacial score (nSPS) is 12.1. The fourth-order valence-electron chi connectivity index (χ4n) is 1.36. The van der Waals surface area contributed by atoms with Gasteiger partial charge in [0.05, 0.1) is 7.11 Å². The first-order chi connectivity index (χ1) is 7.47. The molecule has 0 heterocycles. The Hall–Kier alpha value is -1.26. The van der Waals surface area contributed by atoms with Crippen LogP contribution in [-0.2, 0) is 9.53 Å². The molecule has 0 fully saturated rings. The molecule has 1 atom stereocenters. The molecule has 0 aromatic carbocycles. The molecule has 0 aliphatic rings. The van der Waals surface area contributed by atoms with E-state index in [0.717, 1.165) is 0 Å². The van der Waals surface area contributed by atoms with Crippen molar-refractivity contribution in [1.29, 1.82) is 0 Å². The van der Waals surface area contributed by atoms with Crippen LogP contribution in [0, 0.1) is 5.92 Å². The van der Waals surface area contributed by atoms with E-state index >= 15 is 0 Å². The standard InChI is InChI=1S/C11H22N2O3/c1-6-13(7-2)11(15)12-9(8(3)4)10(14)16-5/h8-9H,6-7H2,1-5H3,(H,12,15). The summed E-state index contributed by atoms with van der Waals surface area (Å²) in [5.41, 5.74) is 0. The quantitative estimate of drug-likeness (QED) is 0.723. The summed E-state index contributed by atoms with van der Waals surface area (Å²) in [6.07, 6.45) is 0. The number of esters is 1. The zero-order valence-electron chi connectivity index (χ0n) is 10.7. The van der Waals surface area contributed by atoms with Gasteiger partial charge in [0.1, 0.15) is 6.04 Å². The van der Waals surface area contributed by atoms with E-state index in [1.165, 1.54) is 7.11 Å². The van der Waals surface area contributed by atoms with Crippen molar-refractivity contribution >= 4 is 12.0 Å². The molecule has 2 amide bonds. The van der Waals surface area contributed by atoms with E-state index in [-0.39, 0.29) is 11.9 Å². The maximum atomic E-state index is 11.7. The van der Waals surface area contributed by atoms with Gasteiger partial charge in [-0.05, 0) is 19.8 Å². The van der Waals surface area contributed by atoms with Crippen molar-refractivity contribution in [1.82, 2.24) is 10.2 Å². The molecule has 0 rings (SSSR count). The summed E-state index contributed by atoms with van der Waals surface area (Å²) in [5, 5.41) is 2.68. The molecule has 1 unspecified atom stereocenters. The number of nitrogens with one attached hydrogen (secondary N) is 1. The Bertz CT molecular complexity index is 237. The van der Waals surface area contributed by atoms with E-state index in [4.69, 9.17) is 0 Å². The van der Waals surface area contributed by atoms with Gasteiger partial charge in [-0.25, -0.2) is 9.59 Å². The molecule has 0 saturated heterocycles. The third-order valence-electron chi connectivity index (χ3n) is 2.45. The summed E-state index contributed by atoms with van der Waals surface area (Å²) in [6, 6.07) is -0.813. The number of amides is 2. The molecule has 0 radical (unpaired) electrons. The number of nitrogens with zero attached hydrogens (tertiary/aromatic N) is 1. The first-order valence-electron chi connectivity index (χ1n) is 5.61. The van der Waals surface area contributed by atoms with Gasteiger partial charge in [0.15, 0.2) is 0 Å². The van der Waals surface area contributed by atoms with E-state index in [2.05, 4.69) is 10.1 Å². The number of carbonyl (C=O) groups excluding carboxylic acids is 2. The van der Waals surface area contributed by atoms with Crippen molar-refractivity contribution < 1.29 is 14.3 Å². The number of methoxy groups -OCH3 is 1. The summed E-state index contributed by atoms with van der Waals surface area (Å²) < 4.78 is 4.65. The smallest absolute Gasteiger partial charge is 0.328 e. The molecule has 5 nitrogen and oxygen atoms in total. The van der Waals surface area contributed by atoms with Crippen LogP contribution in [-0.4, -0.2) is 43.1 Å². The molecular formula is C11H22N2O3. The number of hydrogen-bond acceptors (Lipinski definition) is 3. The number of rotatable bonds is 5. The van der Waals surface area contributed by atoms with Crippen LogP contribution in [0.3, 0.4) is 0 Å². The maximum Gasteiger partial charge on any atom is 0.328 e. The molecule has 5 heteroatoms. The second kappa shape index (κ2) is 7.09. The number of ether oxygens (including phenoxy) is 1. The average molecular weight is 230 g/mol. The van der Waals surface area contributed by atoms with Crippen LogP contribution >= 0.6 is 0 Å². The van der Waals surface area contributed by atoms with E-state index in [0.29, 0.717) is 13.1 Å². The van der Waals surface area contributed by atoms with Crippen LogP contribution in [0.15, 0.2) is 0 Å². The van der Waals surface area contributed by atoms with Gasteiger partial charge >= 0.3 is 12.0 Å². The minimum atomic E-state index is -0.585. The first kappa shape index (κ1) is 14.7. The largest absolute Gasteiger partial charge is 0.467 e. The van der Waals surface area contributed by atoms with Crippen LogP contribution in [0.1, 0.15) is 27.7 Å². The van der Waals surface area contributed by atoms with Crippen molar-refractivity contribution in [3.63, 3.8) is 0 Å². The molecule has 0 aliphatic heterocycles. The van der Waals surface area contributed by atoms with E-state index in [9.17, 15) is 9.59 Å². The van der Waals surface area contributed by atoms with Crippen LogP contribution in [0.5, 0.6) is 0 Å². The van der Waals surface area contributed by atoms with Gasteiger partial charge in [-0.2, -0.15) is 0 Å². The van der Waals surface area contributed by atoms with Crippen molar-refractivity contribution in [2.45, 2.75) is 33.7 Å². The molecule has 0 saturated carbocycles. The Kier molecular flexibility index (Phi) is 6.53. The lowest BCUT2D eigenvalue weighted by Gasteiger charge is -2.25. The van der Waals surface area contributed by atoms with Crippen LogP contribution < -0.4 is 5.32 Å². The molecule has 0 aromatic heterocycles. The summed E-state index contributed by atoms with van der Waals surface area (Å²) in [5.74, 6) is -0.400. The second-order valence-corrected chi connectivity index (χ2v) is 3.87. The highest BCUT2D eigenvalue weighted by atomic mass is 16.5. The van der Waals surface area contributed by atoms with Crippen LogP contribution in [0.4, 0.5) is 4.79 Å². The lowest BCUT2D eigenvalue weighted by Crippen LogP contribution is -2.50. The molecule has 0 bridgehead atoms. The number of hydrogen-bond donors (Lipinski definition) is 1. The van der Waals surface area contributed by atoms with Crippen molar-refractivity contribution in [3.8, 4) is 0 Å². The zero-order chi connectivity index (χ0) is 12.7. The van der Waals surface area contributed by atoms with Gasteiger partial charge in [-0.3, -0.25) is 0 Å². The van der Waals surface area contributed by atoms with Gasteiger partial charge in [-0.15, -0.1) is 0 Å². The van der Waals surface area contributed by atoms with Gasteiger partial charge in [0.25, 0.3) is 0 Å². The highest BCUT2D eigenvalue weighted by molar-refractivity contribution is 5.83. The average Bonchev–Trinajstić information content (AvgIpc) is 2.26. The predicted molar refractivity (Wildman–Crippen MR) is 62.1 cm³/mol. The Balaban J connectivity index is 4.51. The molecule has 16 heavy (non-hydrogen) atoms. The summed E-state index contributed by atoms with van der Waals surface area (Å²) in [7, 11) is 1.32. The maximum absolute atomic E-state index is 11.7. The van der Waals surface area contributed by atoms with Crippen molar-refractivity contribution in [2.75, 3.05) is 20.2 Å². The molecular weight excluding hydrogens is 208 g/mol. The molecule has 1 N–H and O–H groups in total. The fraction of sp³-hybridized carbons (Fsp3) is 0.818. The number of carbonyl (C=O) groups is 2. The molecule has 0 aromatic rings. The predicted octanol–water partition coefficient (Wildman–Crippen LogP) is 1.24. The highest BCUT2D eigenvalue weighted by Crippen LogP contribution is 2.04. The second-order valence-electron chi connectivity index (χ2n) is 3.87. The van der Waals surface area contributed by atoms with E-state index in [1.807, 2.05) is 27.7 Å².